The predicted molar refractivity (Wildman–Crippen MR) is 85.7 cm³/mol. The summed E-state index contributed by atoms with van der Waals surface area (Å²) in [5, 5.41) is 11.5. The van der Waals surface area contributed by atoms with E-state index in [0.29, 0.717) is 5.56 Å². The number of ether oxygens (including phenoxy) is 1. The molecule has 0 saturated heterocycles. The van der Waals surface area contributed by atoms with Crippen molar-refractivity contribution >= 4 is 23.5 Å². The molecule has 0 aromatic heterocycles. The number of carbonyl (C=O) groups excluding carboxylic acids is 2. The Kier molecular flexibility index (Phi) is 5.73. The van der Waals surface area contributed by atoms with Gasteiger partial charge in [0.05, 0.1) is 5.56 Å². The molecule has 1 amide bonds. The predicted octanol–water partition coefficient (Wildman–Crippen LogP) is 2.37. The van der Waals surface area contributed by atoms with Crippen LogP contribution in [0.3, 0.4) is 0 Å². The summed E-state index contributed by atoms with van der Waals surface area (Å²) in [5.74, 6) is -1.38. The van der Waals surface area contributed by atoms with Crippen LogP contribution in [-0.2, 0) is 4.74 Å². The fraction of sp³-hybridized carbons (Fsp3) is 0.438. The van der Waals surface area contributed by atoms with Crippen molar-refractivity contribution in [2.45, 2.75) is 39.7 Å². The molecule has 0 saturated carbocycles. The Bertz CT molecular complexity index is 632. The number of Topliss-reactive ketones (excluding diaryl/α,β-unsaturated/α-hetero) is 1. The number of nitrogen functional groups attached to an aromatic ring is 1. The summed E-state index contributed by atoms with van der Waals surface area (Å²) >= 11 is 0. The van der Waals surface area contributed by atoms with Crippen molar-refractivity contribution < 1.29 is 24.2 Å². The van der Waals surface area contributed by atoms with E-state index in [0.717, 1.165) is 0 Å². The van der Waals surface area contributed by atoms with Gasteiger partial charge < -0.3 is 20.9 Å². The van der Waals surface area contributed by atoms with Crippen LogP contribution in [0.4, 0.5) is 10.5 Å². The molecule has 0 radical (unpaired) electrons. The van der Waals surface area contributed by atoms with Crippen LogP contribution >= 0.6 is 0 Å². The number of amides is 1. The van der Waals surface area contributed by atoms with Crippen LogP contribution in [0.2, 0.25) is 0 Å². The molecule has 0 atom stereocenters. The molecule has 0 aliphatic rings. The average Bonchev–Trinajstić information content (AvgIpc) is 2.39. The lowest BCUT2D eigenvalue weighted by atomic mass is 9.98. The minimum absolute atomic E-state index is 0.0370. The van der Waals surface area contributed by atoms with Crippen molar-refractivity contribution in [3.05, 3.63) is 28.8 Å². The zero-order valence-corrected chi connectivity index (χ0v) is 13.7. The average molecular weight is 322 g/mol. The first kappa shape index (κ1) is 18.5. The molecule has 1 rings (SSSR count). The third-order valence-corrected chi connectivity index (χ3v) is 3.07. The fourth-order valence-corrected chi connectivity index (χ4v) is 1.93. The molecule has 0 aliphatic heterocycles. The molecule has 126 valence electrons. The van der Waals surface area contributed by atoms with E-state index in [9.17, 15) is 14.4 Å². The lowest BCUT2D eigenvalue weighted by Gasteiger charge is -2.19. The Morgan fingerprint density at radius 3 is 2.30 bits per heavy atom. The molecule has 1 aromatic rings. The number of carboxylic acid groups (broad SMARTS) is 1. The van der Waals surface area contributed by atoms with E-state index >= 15 is 0 Å². The monoisotopic (exact) mass is 322 g/mol. The Morgan fingerprint density at radius 1 is 1.22 bits per heavy atom. The number of hydrogen-bond donors (Lipinski definition) is 3. The van der Waals surface area contributed by atoms with E-state index in [1.807, 2.05) is 0 Å². The molecule has 7 nitrogen and oxygen atoms in total. The number of benzene rings is 1. The molecule has 7 heteroatoms. The number of carbonyl (C=O) groups is 3. The number of nitrogens with one attached hydrogen (secondary N) is 1. The van der Waals surface area contributed by atoms with Crippen LogP contribution in [0.25, 0.3) is 0 Å². The summed E-state index contributed by atoms with van der Waals surface area (Å²) < 4.78 is 5.06. The summed E-state index contributed by atoms with van der Waals surface area (Å²) in [7, 11) is 0. The number of anilines is 1. The molecule has 0 aliphatic carbocycles. The van der Waals surface area contributed by atoms with Crippen LogP contribution in [-0.4, -0.2) is 35.1 Å². The molecule has 0 unspecified atom stereocenters. The molecule has 4 N–H and O–H groups in total. The van der Waals surface area contributed by atoms with Gasteiger partial charge >= 0.3 is 12.1 Å². The number of alkyl carbamates (subject to hydrolysis) is 1. The van der Waals surface area contributed by atoms with Gasteiger partial charge in [-0.25, -0.2) is 9.59 Å². The van der Waals surface area contributed by atoms with Crippen molar-refractivity contribution in [2.24, 2.45) is 0 Å². The van der Waals surface area contributed by atoms with Gasteiger partial charge in [0.1, 0.15) is 5.60 Å². The van der Waals surface area contributed by atoms with Gasteiger partial charge in [0.15, 0.2) is 5.78 Å². The topological polar surface area (TPSA) is 119 Å². The van der Waals surface area contributed by atoms with E-state index in [-0.39, 0.29) is 35.6 Å². The minimum Gasteiger partial charge on any atom is -0.478 e. The number of nitrogens with two attached hydrogens (primary N) is 1. The second-order valence-corrected chi connectivity index (χ2v) is 6.11. The van der Waals surface area contributed by atoms with Crippen LogP contribution in [0.5, 0.6) is 0 Å². The zero-order valence-electron chi connectivity index (χ0n) is 13.7. The van der Waals surface area contributed by atoms with E-state index < -0.39 is 17.7 Å². The van der Waals surface area contributed by atoms with Gasteiger partial charge in [0, 0.05) is 24.2 Å². The van der Waals surface area contributed by atoms with Crippen molar-refractivity contribution in [3.63, 3.8) is 0 Å². The van der Waals surface area contributed by atoms with Crippen LogP contribution in [0, 0.1) is 6.92 Å². The maximum atomic E-state index is 12.1. The number of aromatic carboxylic acids is 1. The Morgan fingerprint density at radius 2 is 1.78 bits per heavy atom. The number of hydrogen-bond acceptors (Lipinski definition) is 5. The molecule has 23 heavy (non-hydrogen) atoms. The second-order valence-electron chi connectivity index (χ2n) is 6.11. The van der Waals surface area contributed by atoms with Gasteiger partial charge in [-0.2, -0.15) is 0 Å². The Labute approximate surface area is 134 Å². The molecule has 0 bridgehead atoms. The van der Waals surface area contributed by atoms with Crippen molar-refractivity contribution in [1.29, 1.82) is 0 Å². The number of carboxylic acids is 1. The lowest BCUT2D eigenvalue weighted by Crippen LogP contribution is -2.33. The van der Waals surface area contributed by atoms with Crippen LogP contribution in [0.1, 0.15) is 53.5 Å². The van der Waals surface area contributed by atoms with Crippen molar-refractivity contribution in [3.8, 4) is 0 Å². The van der Waals surface area contributed by atoms with Gasteiger partial charge in [-0.05, 0) is 45.4 Å². The summed E-state index contributed by atoms with van der Waals surface area (Å²) in [5.41, 5.74) is 6.04. The number of ketones is 1. The highest BCUT2D eigenvalue weighted by Gasteiger charge is 2.18. The first-order valence-corrected chi connectivity index (χ1v) is 7.15. The molecular formula is C16H22N2O5. The summed E-state index contributed by atoms with van der Waals surface area (Å²) in [4.78, 5) is 34.6. The first-order chi connectivity index (χ1) is 10.5. The van der Waals surface area contributed by atoms with Crippen LogP contribution < -0.4 is 11.1 Å². The largest absolute Gasteiger partial charge is 0.478 e. The Hall–Kier alpha value is -2.57. The smallest absolute Gasteiger partial charge is 0.407 e. The highest BCUT2D eigenvalue weighted by molar-refractivity contribution is 6.03. The lowest BCUT2D eigenvalue weighted by molar-refractivity contribution is 0.0526. The van der Waals surface area contributed by atoms with E-state index in [2.05, 4.69) is 5.32 Å². The quantitative estimate of drug-likeness (QED) is 0.565. The Balaban J connectivity index is 2.68. The normalized spacial score (nSPS) is 11.0. The van der Waals surface area contributed by atoms with Gasteiger partial charge in [0.25, 0.3) is 0 Å². The van der Waals surface area contributed by atoms with E-state index in [1.54, 1.807) is 27.7 Å². The molecule has 1 aromatic carbocycles. The van der Waals surface area contributed by atoms with Crippen LogP contribution in [0.15, 0.2) is 12.1 Å². The summed E-state index contributed by atoms with van der Waals surface area (Å²) in [6, 6.07) is 2.74. The van der Waals surface area contributed by atoms with Crippen molar-refractivity contribution in [2.75, 3.05) is 12.3 Å². The highest BCUT2D eigenvalue weighted by atomic mass is 16.6. The van der Waals surface area contributed by atoms with Gasteiger partial charge in [0.2, 0.25) is 0 Å². The fourth-order valence-electron chi connectivity index (χ4n) is 1.93. The molecule has 0 spiro atoms. The SMILES string of the molecule is Cc1c(C(=O)O)ccc(C(=O)CCNC(=O)OC(C)(C)C)c1N. The summed E-state index contributed by atoms with van der Waals surface area (Å²) in [6.45, 7) is 6.88. The minimum atomic E-state index is -1.10. The van der Waals surface area contributed by atoms with E-state index in [4.69, 9.17) is 15.6 Å². The number of rotatable bonds is 5. The highest BCUT2D eigenvalue weighted by Crippen LogP contribution is 2.22. The third-order valence-electron chi connectivity index (χ3n) is 3.07. The van der Waals surface area contributed by atoms with E-state index in [1.165, 1.54) is 12.1 Å². The third kappa shape index (κ3) is 5.28. The summed E-state index contributed by atoms with van der Waals surface area (Å²) in [6.07, 6.45) is -0.564. The maximum absolute atomic E-state index is 12.1. The zero-order chi connectivity index (χ0) is 17.8. The standard InChI is InChI=1S/C16H22N2O5/c1-9-10(14(20)21)5-6-11(13(9)17)12(19)7-8-18-15(22)23-16(2,3)4/h5-6H,7-8,17H2,1-4H3,(H,18,22)(H,20,21). The second kappa shape index (κ2) is 7.13. The first-order valence-electron chi connectivity index (χ1n) is 7.15. The molecule has 0 fully saturated rings. The van der Waals surface area contributed by atoms with Gasteiger partial charge in [-0.15, -0.1) is 0 Å². The van der Waals surface area contributed by atoms with Gasteiger partial charge in [-0.3, -0.25) is 4.79 Å². The molecular weight excluding hydrogens is 300 g/mol. The maximum Gasteiger partial charge on any atom is 0.407 e. The van der Waals surface area contributed by atoms with Crippen molar-refractivity contribution in [1.82, 2.24) is 5.32 Å². The molecule has 0 heterocycles. The van der Waals surface area contributed by atoms with Gasteiger partial charge in [-0.1, -0.05) is 0 Å².